The van der Waals surface area contributed by atoms with Crippen molar-refractivity contribution in [2.75, 3.05) is 5.32 Å². The van der Waals surface area contributed by atoms with Gasteiger partial charge in [-0.15, -0.1) is 0 Å². The van der Waals surface area contributed by atoms with Gasteiger partial charge in [0.2, 0.25) is 0 Å². The highest BCUT2D eigenvalue weighted by Gasteiger charge is 2.28. The number of aryl methyl sites for hydroxylation is 1. The van der Waals surface area contributed by atoms with Crippen molar-refractivity contribution in [3.8, 4) is 0 Å². The zero-order valence-corrected chi connectivity index (χ0v) is 12.3. The first-order chi connectivity index (χ1) is 11.4. The van der Waals surface area contributed by atoms with Gasteiger partial charge in [-0.2, -0.15) is 0 Å². The van der Waals surface area contributed by atoms with Gasteiger partial charge in [0.1, 0.15) is 5.71 Å². The molecule has 120 valence electrons. The molecule has 2 aromatic carbocycles. The smallest absolute Gasteiger partial charge is 0.275 e. The van der Waals surface area contributed by atoms with Crippen LogP contribution in [0.4, 0.5) is 22.7 Å². The molecule has 0 unspecified atom stereocenters. The Hall–Kier alpha value is -3.62. The maximum atomic E-state index is 12.1. The summed E-state index contributed by atoms with van der Waals surface area (Å²) in [6, 6.07) is 8.07. The van der Waals surface area contributed by atoms with Gasteiger partial charge in [0.25, 0.3) is 17.3 Å². The molecule has 0 fully saturated rings. The summed E-state index contributed by atoms with van der Waals surface area (Å²) in [5.41, 5.74) is 1.46. The lowest BCUT2D eigenvalue weighted by molar-refractivity contribution is -0.385. The van der Waals surface area contributed by atoms with E-state index in [1.807, 2.05) is 0 Å². The fraction of sp³-hybridized carbons (Fsp3) is 0.0667. The number of nitrogens with one attached hydrogen (secondary N) is 1. The molecule has 0 spiro atoms. The number of rotatable bonds is 3. The number of benzene rings is 2. The molecule has 0 bridgehead atoms. The van der Waals surface area contributed by atoms with Crippen LogP contribution in [-0.4, -0.2) is 21.5 Å². The normalized spacial score (nSPS) is 14.4. The first-order valence-corrected chi connectivity index (χ1v) is 6.80. The second kappa shape index (κ2) is 5.54. The molecule has 1 aliphatic rings. The Labute approximate surface area is 134 Å². The van der Waals surface area contributed by atoms with Crippen LogP contribution in [0, 0.1) is 27.2 Å². The first kappa shape index (κ1) is 15.3. The highest BCUT2D eigenvalue weighted by atomic mass is 16.6. The number of carbonyl (C=O) groups is 1. The van der Waals surface area contributed by atoms with Gasteiger partial charge in [-0.25, -0.2) is 4.99 Å². The van der Waals surface area contributed by atoms with Gasteiger partial charge in [-0.05, 0) is 24.6 Å². The Morgan fingerprint density at radius 1 is 1.00 bits per heavy atom. The van der Waals surface area contributed by atoms with Crippen LogP contribution in [0.25, 0.3) is 0 Å². The van der Waals surface area contributed by atoms with E-state index in [2.05, 4.69) is 10.3 Å². The predicted octanol–water partition coefficient (Wildman–Crippen LogP) is 2.88. The van der Waals surface area contributed by atoms with E-state index in [0.29, 0.717) is 22.5 Å². The first-order valence-electron chi connectivity index (χ1n) is 6.80. The molecular formula is C15H10N4O5. The minimum absolute atomic E-state index is 0.0330. The van der Waals surface area contributed by atoms with E-state index >= 15 is 0 Å². The van der Waals surface area contributed by atoms with Crippen molar-refractivity contribution in [3.05, 3.63) is 67.8 Å². The summed E-state index contributed by atoms with van der Waals surface area (Å²) in [6.45, 7) is 1.63. The van der Waals surface area contributed by atoms with E-state index < -0.39 is 15.8 Å². The molecule has 1 amide bonds. The van der Waals surface area contributed by atoms with Crippen molar-refractivity contribution in [3.63, 3.8) is 0 Å². The van der Waals surface area contributed by atoms with Crippen LogP contribution < -0.4 is 5.32 Å². The Morgan fingerprint density at radius 3 is 2.25 bits per heavy atom. The highest BCUT2D eigenvalue weighted by Crippen LogP contribution is 2.31. The maximum Gasteiger partial charge on any atom is 0.275 e. The average molecular weight is 326 g/mol. The van der Waals surface area contributed by atoms with Gasteiger partial charge in [-0.1, -0.05) is 0 Å². The summed E-state index contributed by atoms with van der Waals surface area (Å²) in [7, 11) is 0. The van der Waals surface area contributed by atoms with Crippen LogP contribution in [0.5, 0.6) is 0 Å². The number of carbonyl (C=O) groups excluding carboxylic acids is 1. The monoisotopic (exact) mass is 326 g/mol. The molecule has 0 atom stereocenters. The number of nitro groups is 2. The Balaban J connectivity index is 2.09. The lowest BCUT2D eigenvalue weighted by Gasteiger charge is -2.02. The second-order valence-electron chi connectivity index (χ2n) is 5.13. The largest absolute Gasteiger partial charge is 0.320 e. The predicted molar refractivity (Wildman–Crippen MR) is 85.8 cm³/mol. The number of fused-ring (bicyclic) bond motifs is 1. The van der Waals surface area contributed by atoms with Gasteiger partial charge in [0.05, 0.1) is 21.2 Å². The molecule has 9 nitrogen and oxygen atoms in total. The molecule has 0 aliphatic carbocycles. The SMILES string of the molecule is Cc1cc([N+](=O)[O-])ccc1N=C1C(=O)Nc2ccc([N+](=O)[O-])cc21. The molecule has 0 aromatic heterocycles. The average Bonchev–Trinajstić information content (AvgIpc) is 2.84. The molecular weight excluding hydrogens is 316 g/mol. The molecule has 24 heavy (non-hydrogen) atoms. The summed E-state index contributed by atoms with van der Waals surface area (Å²) in [6.07, 6.45) is 0. The van der Waals surface area contributed by atoms with Crippen molar-refractivity contribution in [1.82, 2.24) is 0 Å². The summed E-state index contributed by atoms with van der Waals surface area (Å²) in [4.78, 5) is 36.9. The third kappa shape index (κ3) is 2.58. The zero-order valence-electron chi connectivity index (χ0n) is 12.3. The fourth-order valence-corrected chi connectivity index (χ4v) is 2.36. The van der Waals surface area contributed by atoms with E-state index in [4.69, 9.17) is 0 Å². The number of nitrogens with zero attached hydrogens (tertiary/aromatic N) is 3. The number of hydrogen-bond acceptors (Lipinski definition) is 6. The third-order valence-corrected chi connectivity index (χ3v) is 3.56. The molecule has 1 aliphatic heterocycles. The van der Waals surface area contributed by atoms with Crippen molar-refractivity contribution in [2.24, 2.45) is 4.99 Å². The molecule has 0 saturated heterocycles. The van der Waals surface area contributed by atoms with Gasteiger partial charge < -0.3 is 5.32 Å². The number of anilines is 1. The Bertz CT molecular complexity index is 935. The molecule has 9 heteroatoms. The van der Waals surface area contributed by atoms with Crippen molar-refractivity contribution >= 4 is 34.4 Å². The Kier molecular flexibility index (Phi) is 3.53. The van der Waals surface area contributed by atoms with E-state index in [-0.39, 0.29) is 17.1 Å². The molecule has 1 N–H and O–H groups in total. The van der Waals surface area contributed by atoms with E-state index in [9.17, 15) is 25.0 Å². The Morgan fingerprint density at radius 2 is 1.62 bits per heavy atom. The lowest BCUT2D eigenvalue weighted by Crippen LogP contribution is -2.14. The van der Waals surface area contributed by atoms with Gasteiger partial charge in [0.15, 0.2) is 0 Å². The van der Waals surface area contributed by atoms with Crippen LogP contribution >= 0.6 is 0 Å². The molecule has 0 radical (unpaired) electrons. The standard InChI is InChI=1S/C15H10N4O5/c1-8-6-9(18(21)22)2-4-12(8)16-14-11-7-10(19(23)24)3-5-13(11)17-15(14)20/h2-7H,1H3,(H,16,17,20). The van der Waals surface area contributed by atoms with Gasteiger partial charge in [-0.3, -0.25) is 25.0 Å². The topological polar surface area (TPSA) is 128 Å². The van der Waals surface area contributed by atoms with E-state index in [1.54, 1.807) is 6.92 Å². The number of aliphatic imine (C=N–C) groups is 1. The molecule has 2 aromatic rings. The van der Waals surface area contributed by atoms with Crippen LogP contribution in [0.1, 0.15) is 11.1 Å². The number of hydrogen-bond donors (Lipinski definition) is 1. The molecule has 1 heterocycles. The van der Waals surface area contributed by atoms with Crippen LogP contribution in [0.3, 0.4) is 0 Å². The summed E-state index contributed by atoms with van der Waals surface area (Å²) in [5, 5.41) is 24.2. The summed E-state index contributed by atoms with van der Waals surface area (Å²) < 4.78 is 0. The second-order valence-corrected chi connectivity index (χ2v) is 5.13. The van der Waals surface area contributed by atoms with Crippen LogP contribution in [0.15, 0.2) is 41.4 Å². The fourth-order valence-electron chi connectivity index (χ4n) is 2.36. The van der Waals surface area contributed by atoms with Gasteiger partial charge >= 0.3 is 0 Å². The minimum Gasteiger partial charge on any atom is -0.320 e. The van der Waals surface area contributed by atoms with Crippen molar-refractivity contribution in [2.45, 2.75) is 6.92 Å². The van der Waals surface area contributed by atoms with Crippen LogP contribution in [0.2, 0.25) is 0 Å². The zero-order chi connectivity index (χ0) is 17.4. The molecule has 0 saturated carbocycles. The lowest BCUT2D eigenvalue weighted by atomic mass is 10.1. The highest BCUT2D eigenvalue weighted by molar-refractivity contribution is 6.54. The summed E-state index contributed by atoms with van der Waals surface area (Å²) >= 11 is 0. The van der Waals surface area contributed by atoms with Crippen LogP contribution in [-0.2, 0) is 4.79 Å². The summed E-state index contributed by atoms with van der Waals surface area (Å²) in [5.74, 6) is -0.483. The molecule has 3 rings (SSSR count). The van der Waals surface area contributed by atoms with Crippen molar-refractivity contribution in [1.29, 1.82) is 0 Å². The quantitative estimate of drug-likeness (QED) is 0.685. The van der Waals surface area contributed by atoms with Crippen molar-refractivity contribution < 1.29 is 14.6 Å². The van der Waals surface area contributed by atoms with E-state index in [0.717, 1.165) is 0 Å². The van der Waals surface area contributed by atoms with Gasteiger partial charge in [0, 0.05) is 29.8 Å². The number of amides is 1. The minimum atomic E-state index is -0.558. The number of nitro benzene ring substituents is 2. The van der Waals surface area contributed by atoms with E-state index in [1.165, 1.54) is 36.4 Å². The number of non-ortho nitro benzene ring substituents is 2. The third-order valence-electron chi connectivity index (χ3n) is 3.56. The maximum absolute atomic E-state index is 12.1.